The van der Waals surface area contributed by atoms with Gasteiger partial charge in [0.2, 0.25) is 5.82 Å². The molecule has 1 aliphatic heterocycles. The molecule has 1 aromatic carbocycles. The fourth-order valence-corrected chi connectivity index (χ4v) is 4.46. The molecule has 1 amide bonds. The van der Waals surface area contributed by atoms with Crippen molar-refractivity contribution in [2.45, 2.75) is 31.2 Å². The molecule has 2 N–H and O–H groups in total. The van der Waals surface area contributed by atoms with E-state index in [1.165, 1.54) is 30.5 Å². The molecule has 1 saturated heterocycles. The summed E-state index contributed by atoms with van der Waals surface area (Å²) in [6, 6.07) is 8.79. The van der Waals surface area contributed by atoms with Gasteiger partial charge in [0.1, 0.15) is 11.5 Å². The summed E-state index contributed by atoms with van der Waals surface area (Å²) in [6.07, 6.45) is -6.61. The van der Waals surface area contributed by atoms with Crippen molar-refractivity contribution < 1.29 is 31.1 Å². The summed E-state index contributed by atoms with van der Waals surface area (Å²) >= 11 is 0. The molecule has 0 aliphatic carbocycles. The molecule has 0 spiro atoms. The highest BCUT2D eigenvalue weighted by atomic mass is 19.4. The van der Waals surface area contributed by atoms with Crippen LogP contribution in [0, 0.1) is 0 Å². The number of benzene rings is 1. The van der Waals surface area contributed by atoms with Crippen LogP contribution in [0.1, 0.15) is 34.6 Å². The van der Waals surface area contributed by atoms with E-state index in [1.54, 1.807) is 0 Å². The second-order valence-corrected chi connectivity index (χ2v) is 9.61. The van der Waals surface area contributed by atoms with Gasteiger partial charge in [-0.2, -0.15) is 26.3 Å². The van der Waals surface area contributed by atoms with Gasteiger partial charge in [0, 0.05) is 17.9 Å². The van der Waals surface area contributed by atoms with Crippen molar-refractivity contribution >= 4 is 28.4 Å². The number of anilines is 2. The van der Waals surface area contributed by atoms with E-state index >= 15 is 0 Å². The maximum Gasteiger partial charge on any atom is 0.418 e. The smallest absolute Gasteiger partial charge is 0.346 e. The number of rotatable bonds is 5. The minimum atomic E-state index is -4.69. The Hall–Kier alpha value is -4.33. The lowest BCUT2D eigenvalue weighted by Crippen LogP contribution is -2.43. The predicted octanol–water partition coefficient (Wildman–Crippen LogP) is 5.69. The number of likely N-dealkylation sites (tertiary alicyclic amines) is 1. The quantitative estimate of drug-likeness (QED) is 0.295. The van der Waals surface area contributed by atoms with Gasteiger partial charge in [0.15, 0.2) is 5.65 Å². The number of alkyl halides is 6. The SMILES string of the molecule is CN1CCC(NC(=O)c2nc(Nc3ccc(C(F)(F)F)cc3)c3ccc(-c4ncccc4C(F)(F)F)nc3n2)CC1. The Balaban J connectivity index is 1.56. The molecule has 0 unspecified atom stereocenters. The summed E-state index contributed by atoms with van der Waals surface area (Å²) in [5, 5.41) is 5.99. The Morgan fingerprint density at radius 2 is 1.61 bits per heavy atom. The number of carbonyl (C=O) groups is 1. The van der Waals surface area contributed by atoms with E-state index in [0.29, 0.717) is 12.8 Å². The van der Waals surface area contributed by atoms with Gasteiger partial charge in [-0.25, -0.2) is 15.0 Å². The molecule has 41 heavy (non-hydrogen) atoms. The fraction of sp³-hybridized carbons (Fsp3) is 0.296. The number of amides is 1. The van der Waals surface area contributed by atoms with Gasteiger partial charge in [-0.3, -0.25) is 9.78 Å². The molecule has 5 rings (SSSR count). The average molecular weight is 576 g/mol. The summed E-state index contributed by atoms with van der Waals surface area (Å²) in [7, 11) is 1.97. The van der Waals surface area contributed by atoms with Crippen molar-refractivity contribution in [1.82, 2.24) is 30.2 Å². The standard InChI is InChI=1S/C27H23F6N7O/c1-40-13-10-17(11-14-40)36-25(41)24-38-22(35-16-6-4-15(5-7-16)26(28,29)30)18-8-9-20(37-23(18)39-24)21-19(27(31,32)33)3-2-12-34-21/h2-9,12,17H,10-11,13-14H2,1H3,(H,36,41)(H,35,37,38,39). The molecule has 14 heteroatoms. The second-order valence-electron chi connectivity index (χ2n) is 9.61. The van der Waals surface area contributed by atoms with Crippen molar-refractivity contribution in [1.29, 1.82) is 0 Å². The number of nitrogens with zero attached hydrogens (tertiary/aromatic N) is 5. The highest BCUT2D eigenvalue weighted by molar-refractivity contribution is 5.96. The molecule has 1 aliphatic rings. The van der Waals surface area contributed by atoms with Gasteiger partial charge in [-0.15, -0.1) is 0 Å². The van der Waals surface area contributed by atoms with Crippen molar-refractivity contribution in [2.24, 2.45) is 0 Å². The summed E-state index contributed by atoms with van der Waals surface area (Å²) in [4.78, 5) is 32.0. The second kappa shape index (κ2) is 10.9. The van der Waals surface area contributed by atoms with E-state index in [2.05, 4.69) is 35.5 Å². The third-order valence-corrected chi connectivity index (χ3v) is 6.65. The van der Waals surface area contributed by atoms with E-state index in [-0.39, 0.29) is 40.1 Å². The number of pyridine rings is 2. The zero-order valence-electron chi connectivity index (χ0n) is 21.5. The van der Waals surface area contributed by atoms with Crippen LogP contribution >= 0.6 is 0 Å². The number of carbonyl (C=O) groups excluding carboxylic acids is 1. The largest absolute Gasteiger partial charge is 0.418 e. The Labute approximate surface area is 229 Å². The average Bonchev–Trinajstić information content (AvgIpc) is 2.93. The van der Waals surface area contributed by atoms with Crippen molar-refractivity contribution in [3.63, 3.8) is 0 Å². The maximum atomic E-state index is 13.6. The Morgan fingerprint density at radius 3 is 2.27 bits per heavy atom. The van der Waals surface area contributed by atoms with Crippen LogP contribution in [0.5, 0.6) is 0 Å². The van der Waals surface area contributed by atoms with Gasteiger partial charge in [0.25, 0.3) is 5.91 Å². The van der Waals surface area contributed by atoms with Crippen LogP contribution in [0.25, 0.3) is 22.4 Å². The van der Waals surface area contributed by atoms with Crippen LogP contribution in [-0.4, -0.2) is 56.9 Å². The Bertz CT molecular complexity index is 1570. The van der Waals surface area contributed by atoms with Crippen molar-refractivity contribution in [3.05, 3.63) is 71.7 Å². The fourth-order valence-electron chi connectivity index (χ4n) is 4.46. The van der Waals surface area contributed by atoms with Gasteiger partial charge in [-0.05, 0) is 81.5 Å². The van der Waals surface area contributed by atoms with Crippen molar-refractivity contribution in [2.75, 3.05) is 25.5 Å². The lowest BCUT2D eigenvalue weighted by Gasteiger charge is -2.29. The molecular weight excluding hydrogens is 552 g/mol. The normalized spacial score (nSPS) is 15.2. The van der Waals surface area contributed by atoms with Crippen LogP contribution in [-0.2, 0) is 12.4 Å². The first-order valence-electron chi connectivity index (χ1n) is 12.5. The molecule has 0 atom stereocenters. The number of aromatic nitrogens is 4. The first kappa shape index (κ1) is 28.2. The number of hydrogen-bond acceptors (Lipinski definition) is 7. The number of fused-ring (bicyclic) bond motifs is 1. The van der Waals surface area contributed by atoms with E-state index < -0.39 is 35.1 Å². The van der Waals surface area contributed by atoms with Crippen molar-refractivity contribution in [3.8, 4) is 11.4 Å². The lowest BCUT2D eigenvalue weighted by atomic mass is 10.1. The minimum Gasteiger partial charge on any atom is -0.346 e. The topological polar surface area (TPSA) is 95.9 Å². The van der Waals surface area contributed by atoms with Crippen LogP contribution < -0.4 is 10.6 Å². The lowest BCUT2D eigenvalue weighted by molar-refractivity contribution is -0.138. The summed E-state index contributed by atoms with van der Waals surface area (Å²) in [5.41, 5.74) is -2.27. The summed E-state index contributed by atoms with van der Waals surface area (Å²) in [5.74, 6) is -0.870. The number of halogens is 6. The number of nitrogens with one attached hydrogen (secondary N) is 2. The van der Waals surface area contributed by atoms with Gasteiger partial charge < -0.3 is 15.5 Å². The Morgan fingerprint density at radius 1 is 0.902 bits per heavy atom. The molecule has 214 valence electrons. The highest BCUT2D eigenvalue weighted by Crippen LogP contribution is 2.36. The first-order chi connectivity index (χ1) is 19.4. The molecule has 4 aromatic rings. The zero-order chi connectivity index (χ0) is 29.4. The maximum absolute atomic E-state index is 13.6. The van der Waals surface area contributed by atoms with E-state index in [9.17, 15) is 31.1 Å². The molecule has 0 saturated carbocycles. The van der Waals surface area contributed by atoms with E-state index in [0.717, 1.165) is 37.4 Å². The molecule has 0 radical (unpaired) electrons. The molecular formula is C27H23F6N7O. The number of hydrogen-bond donors (Lipinski definition) is 2. The molecule has 8 nitrogen and oxygen atoms in total. The molecule has 4 heterocycles. The third-order valence-electron chi connectivity index (χ3n) is 6.65. The predicted molar refractivity (Wildman–Crippen MR) is 138 cm³/mol. The summed E-state index contributed by atoms with van der Waals surface area (Å²) in [6.45, 7) is 1.56. The monoisotopic (exact) mass is 575 g/mol. The minimum absolute atomic E-state index is 0.0411. The van der Waals surface area contributed by atoms with E-state index in [4.69, 9.17) is 0 Å². The highest BCUT2D eigenvalue weighted by Gasteiger charge is 2.35. The first-order valence-corrected chi connectivity index (χ1v) is 12.5. The van der Waals surface area contributed by atoms with Crippen LogP contribution in [0.15, 0.2) is 54.7 Å². The van der Waals surface area contributed by atoms with E-state index in [1.807, 2.05) is 7.05 Å². The van der Waals surface area contributed by atoms with Crippen LogP contribution in [0.3, 0.4) is 0 Å². The Kier molecular flexibility index (Phi) is 7.51. The molecule has 0 bridgehead atoms. The van der Waals surface area contributed by atoms with Gasteiger partial charge in [-0.1, -0.05) is 0 Å². The van der Waals surface area contributed by atoms with Crippen LogP contribution in [0.4, 0.5) is 37.8 Å². The zero-order valence-corrected chi connectivity index (χ0v) is 21.5. The summed E-state index contributed by atoms with van der Waals surface area (Å²) < 4.78 is 80.0. The third kappa shape index (κ3) is 6.37. The van der Waals surface area contributed by atoms with Crippen LogP contribution in [0.2, 0.25) is 0 Å². The molecule has 3 aromatic heterocycles. The van der Waals surface area contributed by atoms with Gasteiger partial charge in [0.05, 0.1) is 22.2 Å². The number of piperidine rings is 1. The van der Waals surface area contributed by atoms with Gasteiger partial charge >= 0.3 is 12.4 Å². The molecule has 1 fully saturated rings.